The molecule has 0 fully saturated rings. The van der Waals surface area contributed by atoms with Gasteiger partial charge in [0.25, 0.3) is 0 Å². The molecule has 3 heteroatoms. The summed E-state index contributed by atoms with van der Waals surface area (Å²) in [6.45, 7) is 8.61. The van der Waals surface area contributed by atoms with Crippen LogP contribution in [0.25, 0.3) is 0 Å². The predicted molar refractivity (Wildman–Crippen MR) is 144 cm³/mol. The minimum absolute atomic E-state index is 0.877. The van der Waals surface area contributed by atoms with E-state index in [1.807, 2.05) is 12.1 Å². The lowest BCUT2D eigenvalue weighted by Crippen LogP contribution is -2.16. The van der Waals surface area contributed by atoms with E-state index in [1.165, 1.54) is 11.1 Å². The highest BCUT2D eigenvalue weighted by molar-refractivity contribution is 8.03. The first-order valence-corrected chi connectivity index (χ1v) is 15.6. The van der Waals surface area contributed by atoms with Crippen molar-refractivity contribution in [2.24, 2.45) is 0 Å². The average molecular weight is 457 g/mol. The van der Waals surface area contributed by atoms with E-state index >= 15 is 0 Å². The lowest BCUT2D eigenvalue weighted by molar-refractivity contribution is 1.42. The fourth-order valence-corrected chi connectivity index (χ4v) is 4.48. The maximum Gasteiger partial charge on any atom is 0.129 e. The molecule has 0 N–H and O–H groups in total. The second kappa shape index (κ2) is 13.7. The summed E-state index contributed by atoms with van der Waals surface area (Å²) in [6, 6.07) is 21.0. The van der Waals surface area contributed by atoms with Crippen LogP contribution in [0.4, 0.5) is 0 Å². The molecular weight excluding hydrogens is 429 g/mol. The molecule has 0 aliphatic rings. The van der Waals surface area contributed by atoms with Gasteiger partial charge in [0.2, 0.25) is 0 Å². The van der Waals surface area contributed by atoms with Crippen molar-refractivity contribution in [2.45, 2.75) is 38.1 Å². The number of rotatable bonds is 7. The zero-order chi connectivity index (χ0) is 22.4. The van der Waals surface area contributed by atoms with E-state index in [9.17, 15) is 0 Å². The summed E-state index contributed by atoms with van der Waals surface area (Å²) in [5.74, 6) is 17.0. The van der Waals surface area contributed by atoms with Gasteiger partial charge in [-0.25, -0.2) is 0 Å². The quantitative estimate of drug-likeness (QED) is 0.240. The average Bonchev–Trinajstić information content (AvgIpc) is 2.77. The highest BCUT2D eigenvalue weighted by Gasteiger charge is 2.08. The van der Waals surface area contributed by atoms with Gasteiger partial charge in [-0.1, -0.05) is 92.1 Å². The Balaban J connectivity index is 2.25. The van der Waals surface area contributed by atoms with Crippen molar-refractivity contribution in [3.8, 4) is 35.1 Å². The van der Waals surface area contributed by atoms with E-state index in [-0.39, 0.29) is 0 Å². The maximum absolute atomic E-state index is 3.50. The Hall–Kier alpha value is -2.48. The number of allylic oxidation sites excluding steroid dienone is 4. The summed E-state index contributed by atoms with van der Waals surface area (Å²) in [5.41, 5.74) is 6.08. The van der Waals surface area contributed by atoms with E-state index < -0.39 is 8.07 Å². The molecule has 0 aliphatic heterocycles. The Kier molecular flexibility index (Phi) is 11.0. The van der Waals surface area contributed by atoms with Crippen LogP contribution in [0.1, 0.15) is 18.1 Å². The van der Waals surface area contributed by atoms with Crippen molar-refractivity contribution < 1.29 is 0 Å². The second-order valence-corrected chi connectivity index (χ2v) is 14.5. The van der Waals surface area contributed by atoms with E-state index in [0.717, 1.165) is 21.3 Å². The van der Waals surface area contributed by atoms with E-state index in [2.05, 4.69) is 115 Å². The van der Waals surface area contributed by atoms with Gasteiger partial charge in [-0.2, -0.15) is 0 Å². The molecule has 31 heavy (non-hydrogen) atoms. The molecule has 0 aliphatic carbocycles. The Morgan fingerprint density at radius 1 is 0.742 bits per heavy atom. The van der Waals surface area contributed by atoms with Gasteiger partial charge in [0, 0.05) is 11.5 Å². The summed E-state index contributed by atoms with van der Waals surface area (Å²) in [5, 5.41) is 0. The lowest BCUT2D eigenvalue weighted by atomic mass is 10.2. The van der Waals surface area contributed by atoms with Crippen molar-refractivity contribution in [1.29, 1.82) is 0 Å². The van der Waals surface area contributed by atoms with Crippen molar-refractivity contribution in [1.82, 2.24) is 0 Å². The number of thioether (sulfide) groups is 2. The van der Waals surface area contributed by atoms with E-state index in [4.69, 9.17) is 0 Å². The largest absolute Gasteiger partial charge is 0.129 e. The third-order valence-corrected chi connectivity index (χ3v) is 6.72. The van der Waals surface area contributed by atoms with Gasteiger partial charge in [0.15, 0.2) is 0 Å². The zero-order valence-electron chi connectivity index (χ0n) is 18.7. The monoisotopic (exact) mass is 456 g/mol. The molecule has 156 valence electrons. The number of hydrogen-bond donors (Lipinski definition) is 0. The van der Waals surface area contributed by atoms with E-state index in [1.54, 1.807) is 30.4 Å². The summed E-state index contributed by atoms with van der Waals surface area (Å²) in [6.07, 6.45) is 4.20. The van der Waals surface area contributed by atoms with Crippen molar-refractivity contribution in [2.75, 3.05) is 0 Å². The molecule has 2 aromatic carbocycles. The lowest BCUT2D eigenvalue weighted by Gasteiger charge is -2.05. The molecular formula is C28H28S2Si. The maximum atomic E-state index is 3.50. The van der Waals surface area contributed by atoms with Crippen molar-refractivity contribution >= 4 is 31.6 Å². The summed E-state index contributed by atoms with van der Waals surface area (Å²) >= 11 is 3.51. The van der Waals surface area contributed by atoms with Crippen LogP contribution >= 0.6 is 23.5 Å². The normalized spacial score (nSPS) is 11.4. The van der Waals surface area contributed by atoms with Crippen LogP contribution in [0.5, 0.6) is 0 Å². The zero-order valence-corrected chi connectivity index (χ0v) is 21.3. The highest BCUT2D eigenvalue weighted by Crippen LogP contribution is 2.24. The van der Waals surface area contributed by atoms with Crippen molar-refractivity contribution in [3.05, 3.63) is 93.8 Å². The van der Waals surface area contributed by atoms with Crippen molar-refractivity contribution in [3.63, 3.8) is 0 Å². The summed E-state index contributed by atoms with van der Waals surface area (Å²) in [4.78, 5) is 2.08. The molecule has 0 aromatic heterocycles. The molecule has 2 rings (SSSR count). The van der Waals surface area contributed by atoms with Gasteiger partial charge < -0.3 is 0 Å². The van der Waals surface area contributed by atoms with Crippen LogP contribution in [-0.4, -0.2) is 8.07 Å². The summed E-state index contributed by atoms with van der Waals surface area (Å²) < 4.78 is 0. The molecule has 0 unspecified atom stereocenters. The Labute approximate surface area is 198 Å². The fraction of sp³-hybridized carbons (Fsp3) is 0.214. The van der Waals surface area contributed by atoms with Gasteiger partial charge in [-0.05, 0) is 48.0 Å². The standard InChI is InChI=1S/C28H28S2Si/c1-5-6-9-18-27(29-23-25-14-10-7-11-15-25)19-20-28(21-22-31(2,3)4)30-24-26-16-12-8-13-17-26/h7-8,10-17,19-20H,23-24H2,1-4H3. The van der Waals surface area contributed by atoms with Crippen LogP contribution in [0, 0.1) is 35.1 Å². The number of benzene rings is 2. The van der Waals surface area contributed by atoms with Crippen LogP contribution in [-0.2, 0) is 11.5 Å². The number of hydrogen-bond acceptors (Lipinski definition) is 2. The van der Waals surface area contributed by atoms with Gasteiger partial charge in [0.05, 0.1) is 9.81 Å². The van der Waals surface area contributed by atoms with Gasteiger partial charge in [-0.15, -0.1) is 29.1 Å². The minimum atomic E-state index is -1.46. The SMILES string of the molecule is CC#CC#CC(=CC=C(C#C[Si](C)(C)C)SCc1ccccc1)SCc1ccccc1. The highest BCUT2D eigenvalue weighted by atomic mass is 32.2. The van der Waals surface area contributed by atoms with E-state index in [0.29, 0.717) is 0 Å². The first-order valence-electron chi connectivity index (χ1n) is 10.2. The summed E-state index contributed by atoms with van der Waals surface area (Å²) in [7, 11) is -1.46. The van der Waals surface area contributed by atoms with Crippen LogP contribution in [0.2, 0.25) is 19.6 Å². The third-order valence-electron chi connectivity index (χ3n) is 3.79. The first-order chi connectivity index (χ1) is 15.0. The molecule has 0 radical (unpaired) electrons. The predicted octanol–water partition coefficient (Wildman–Crippen LogP) is 7.53. The van der Waals surface area contributed by atoms with Crippen LogP contribution < -0.4 is 0 Å². The van der Waals surface area contributed by atoms with Crippen LogP contribution in [0.15, 0.2) is 82.6 Å². The fourth-order valence-electron chi connectivity index (χ4n) is 2.28. The third kappa shape index (κ3) is 11.5. The topological polar surface area (TPSA) is 0 Å². The Morgan fingerprint density at radius 2 is 1.23 bits per heavy atom. The molecule has 0 bridgehead atoms. The molecule has 0 amide bonds. The molecule has 0 saturated heterocycles. The Morgan fingerprint density at radius 3 is 1.68 bits per heavy atom. The van der Waals surface area contributed by atoms with Gasteiger partial charge >= 0.3 is 0 Å². The smallest absolute Gasteiger partial charge is 0.126 e. The molecule has 0 atom stereocenters. The molecule has 0 heterocycles. The second-order valence-electron chi connectivity index (χ2n) is 7.74. The Bertz CT molecular complexity index is 1070. The molecule has 2 aromatic rings. The first kappa shape index (κ1) is 24.8. The van der Waals surface area contributed by atoms with Gasteiger partial charge in [0.1, 0.15) is 8.07 Å². The van der Waals surface area contributed by atoms with Crippen LogP contribution in [0.3, 0.4) is 0 Å². The van der Waals surface area contributed by atoms with Gasteiger partial charge in [-0.3, -0.25) is 0 Å². The molecule has 0 spiro atoms. The molecule has 0 nitrogen and oxygen atoms in total. The minimum Gasteiger partial charge on any atom is -0.126 e. The molecule has 0 saturated carbocycles.